The average Bonchev–Trinajstić information content (AvgIpc) is 2.57. The van der Waals surface area contributed by atoms with Crippen LogP contribution in [0.15, 0.2) is 48.5 Å². The molecular formula is C19H23N3O. The minimum absolute atomic E-state index is 0.142. The van der Waals surface area contributed by atoms with Crippen molar-refractivity contribution in [3.8, 4) is 0 Å². The number of urea groups is 1. The highest BCUT2D eigenvalue weighted by Gasteiger charge is 2.15. The van der Waals surface area contributed by atoms with Crippen molar-refractivity contribution in [2.24, 2.45) is 0 Å². The molecule has 4 nitrogen and oxygen atoms in total. The first-order valence-corrected chi connectivity index (χ1v) is 8.12. The van der Waals surface area contributed by atoms with Crippen LogP contribution < -0.4 is 10.6 Å². The second-order valence-electron chi connectivity index (χ2n) is 5.99. The molecule has 1 aliphatic heterocycles. The number of fused-ring (bicyclic) bond motifs is 1. The van der Waals surface area contributed by atoms with Gasteiger partial charge >= 0.3 is 6.03 Å². The summed E-state index contributed by atoms with van der Waals surface area (Å²) in [5.41, 5.74) is 4.78. The molecule has 0 aromatic heterocycles. The first kappa shape index (κ1) is 15.6. The van der Waals surface area contributed by atoms with E-state index in [9.17, 15) is 4.79 Å². The van der Waals surface area contributed by atoms with Gasteiger partial charge in [0.2, 0.25) is 0 Å². The van der Waals surface area contributed by atoms with Crippen LogP contribution >= 0.6 is 0 Å². The number of nitrogens with zero attached hydrogens (tertiary/aromatic N) is 1. The predicted octanol–water partition coefficient (Wildman–Crippen LogP) is 3.17. The highest BCUT2D eigenvalue weighted by atomic mass is 16.2. The Bertz CT molecular complexity index is 684. The minimum atomic E-state index is -0.142. The zero-order valence-corrected chi connectivity index (χ0v) is 13.5. The summed E-state index contributed by atoms with van der Waals surface area (Å²) in [7, 11) is 0. The van der Waals surface area contributed by atoms with E-state index in [4.69, 9.17) is 0 Å². The standard InChI is InChI=1S/C19H23N3O/c1-15-6-2-5-9-18(15)21-19(23)20-11-13-22-12-10-16-7-3-4-8-17(16)14-22/h2-9H,10-14H2,1H3,(H2,20,21,23). The number of hydrogen-bond donors (Lipinski definition) is 2. The summed E-state index contributed by atoms with van der Waals surface area (Å²) >= 11 is 0. The number of hydrogen-bond acceptors (Lipinski definition) is 2. The quantitative estimate of drug-likeness (QED) is 0.911. The van der Waals surface area contributed by atoms with Crippen molar-refractivity contribution in [2.45, 2.75) is 19.9 Å². The molecule has 2 N–H and O–H groups in total. The van der Waals surface area contributed by atoms with Crippen LogP contribution in [-0.2, 0) is 13.0 Å². The fourth-order valence-electron chi connectivity index (χ4n) is 2.95. The van der Waals surface area contributed by atoms with Gasteiger partial charge in [-0.25, -0.2) is 4.79 Å². The number of aryl methyl sites for hydroxylation is 1. The van der Waals surface area contributed by atoms with E-state index in [-0.39, 0.29) is 6.03 Å². The number of carbonyl (C=O) groups excluding carboxylic acids is 1. The van der Waals surface area contributed by atoms with Gasteiger partial charge in [0.25, 0.3) is 0 Å². The molecule has 0 bridgehead atoms. The molecule has 0 unspecified atom stereocenters. The van der Waals surface area contributed by atoms with Crippen LogP contribution in [0.2, 0.25) is 0 Å². The molecule has 2 aromatic carbocycles. The number of rotatable bonds is 4. The third kappa shape index (κ3) is 4.11. The fraction of sp³-hybridized carbons (Fsp3) is 0.316. The Balaban J connectivity index is 1.43. The highest BCUT2D eigenvalue weighted by Crippen LogP contribution is 2.17. The number of nitrogens with one attached hydrogen (secondary N) is 2. The number of carbonyl (C=O) groups is 1. The smallest absolute Gasteiger partial charge is 0.319 e. The van der Waals surface area contributed by atoms with Crippen molar-refractivity contribution >= 4 is 11.7 Å². The summed E-state index contributed by atoms with van der Waals surface area (Å²) < 4.78 is 0. The lowest BCUT2D eigenvalue weighted by Gasteiger charge is -2.28. The third-order valence-electron chi connectivity index (χ3n) is 4.32. The molecule has 4 heteroatoms. The van der Waals surface area contributed by atoms with Gasteiger partial charge in [-0.05, 0) is 36.1 Å². The lowest BCUT2D eigenvalue weighted by Crippen LogP contribution is -2.39. The van der Waals surface area contributed by atoms with Crippen molar-refractivity contribution in [3.63, 3.8) is 0 Å². The third-order valence-corrected chi connectivity index (χ3v) is 4.32. The van der Waals surface area contributed by atoms with Crippen LogP contribution in [0.25, 0.3) is 0 Å². The van der Waals surface area contributed by atoms with Crippen LogP contribution in [0.4, 0.5) is 10.5 Å². The second kappa shape index (κ2) is 7.29. The topological polar surface area (TPSA) is 44.4 Å². The molecule has 0 radical (unpaired) electrons. The van der Waals surface area contributed by atoms with Crippen LogP contribution in [0.1, 0.15) is 16.7 Å². The van der Waals surface area contributed by atoms with E-state index >= 15 is 0 Å². The van der Waals surface area contributed by atoms with Gasteiger partial charge in [0.1, 0.15) is 0 Å². The van der Waals surface area contributed by atoms with Crippen molar-refractivity contribution < 1.29 is 4.79 Å². The average molecular weight is 309 g/mol. The highest BCUT2D eigenvalue weighted by molar-refractivity contribution is 5.89. The molecular weight excluding hydrogens is 286 g/mol. The zero-order valence-electron chi connectivity index (χ0n) is 13.5. The van der Waals surface area contributed by atoms with E-state index in [1.165, 1.54) is 11.1 Å². The molecule has 2 aromatic rings. The molecule has 0 saturated carbocycles. The lowest BCUT2D eigenvalue weighted by atomic mass is 10.00. The molecule has 23 heavy (non-hydrogen) atoms. The molecule has 3 rings (SSSR count). The first-order valence-electron chi connectivity index (χ1n) is 8.12. The lowest BCUT2D eigenvalue weighted by molar-refractivity contribution is 0.239. The number of anilines is 1. The Kier molecular flexibility index (Phi) is 4.93. The van der Waals surface area contributed by atoms with E-state index < -0.39 is 0 Å². The fourth-order valence-corrected chi connectivity index (χ4v) is 2.95. The van der Waals surface area contributed by atoms with Gasteiger partial charge in [-0.2, -0.15) is 0 Å². The van der Waals surface area contributed by atoms with Crippen LogP contribution in [-0.4, -0.2) is 30.6 Å². The Morgan fingerprint density at radius 2 is 1.83 bits per heavy atom. The van der Waals surface area contributed by atoms with Gasteiger partial charge in [-0.3, -0.25) is 4.90 Å². The number of para-hydroxylation sites is 1. The van der Waals surface area contributed by atoms with Gasteiger partial charge in [0.05, 0.1) is 0 Å². The van der Waals surface area contributed by atoms with Crippen molar-refractivity contribution in [2.75, 3.05) is 25.0 Å². The van der Waals surface area contributed by atoms with Gasteiger partial charge in [0.15, 0.2) is 0 Å². The van der Waals surface area contributed by atoms with Crippen LogP contribution in [0.3, 0.4) is 0 Å². The maximum absolute atomic E-state index is 12.0. The van der Waals surface area contributed by atoms with E-state index in [1.54, 1.807) is 0 Å². The molecule has 0 aliphatic carbocycles. The molecule has 2 amide bonds. The van der Waals surface area contributed by atoms with E-state index in [2.05, 4.69) is 39.8 Å². The maximum Gasteiger partial charge on any atom is 0.319 e. The van der Waals surface area contributed by atoms with Crippen molar-refractivity contribution in [3.05, 3.63) is 65.2 Å². The monoisotopic (exact) mass is 309 g/mol. The van der Waals surface area contributed by atoms with E-state index in [1.807, 2.05) is 31.2 Å². The van der Waals surface area contributed by atoms with Crippen LogP contribution in [0, 0.1) is 6.92 Å². The molecule has 1 aliphatic rings. The maximum atomic E-state index is 12.0. The Morgan fingerprint density at radius 1 is 1.09 bits per heavy atom. The van der Waals surface area contributed by atoms with Crippen molar-refractivity contribution in [1.82, 2.24) is 10.2 Å². The Hall–Kier alpha value is -2.33. The summed E-state index contributed by atoms with van der Waals surface area (Å²) in [6.07, 6.45) is 1.09. The largest absolute Gasteiger partial charge is 0.337 e. The summed E-state index contributed by atoms with van der Waals surface area (Å²) in [6.45, 7) is 5.53. The summed E-state index contributed by atoms with van der Waals surface area (Å²) in [6, 6.07) is 16.2. The van der Waals surface area contributed by atoms with E-state index in [0.717, 1.165) is 37.3 Å². The van der Waals surface area contributed by atoms with Gasteiger partial charge < -0.3 is 10.6 Å². The Morgan fingerprint density at radius 3 is 2.65 bits per heavy atom. The molecule has 0 atom stereocenters. The van der Waals surface area contributed by atoms with Gasteiger partial charge in [-0.15, -0.1) is 0 Å². The number of amides is 2. The predicted molar refractivity (Wildman–Crippen MR) is 93.6 cm³/mol. The number of benzene rings is 2. The molecule has 0 spiro atoms. The Labute approximate surface area is 137 Å². The minimum Gasteiger partial charge on any atom is -0.337 e. The normalized spacial score (nSPS) is 14.1. The zero-order chi connectivity index (χ0) is 16.1. The first-order chi connectivity index (χ1) is 11.2. The molecule has 120 valence electrons. The van der Waals surface area contributed by atoms with Crippen molar-refractivity contribution in [1.29, 1.82) is 0 Å². The SMILES string of the molecule is Cc1ccccc1NC(=O)NCCN1CCc2ccccc2C1. The second-order valence-corrected chi connectivity index (χ2v) is 5.99. The molecule has 1 heterocycles. The van der Waals surface area contributed by atoms with Gasteiger partial charge in [-0.1, -0.05) is 42.5 Å². The molecule has 0 saturated heterocycles. The van der Waals surface area contributed by atoms with Crippen LogP contribution in [0.5, 0.6) is 0 Å². The summed E-state index contributed by atoms with van der Waals surface area (Å²) in [5.74, 6) is 0. The van der Waals surface area contributed by atoms with E-state index in [0.29, 0.717) is 6.54 Å². The van der Waals surface area contributed by atoms with Gasteiger partial charge in [0, 0.05) is 31.9 Å². The summed E-state index contributed by atoms with van der Waals surface area (Å²) in [5, 5.41) is 5.83. The molecule has 0 fully saturated rings. The summed E-state index contributed by atoms with van der Waals surface area (Å²) in [4.78, 5) is 14.3.